The first-order valence-corrected chi connectivity index (χ1v) is 7.55. The molecular formula is C14H15ClN2OS. The molecule has 3 nitrogen and oxygen atoms in total. The third-order valence-corrected chi connectivity index (χ3v) is 3.81. The van der Waals surface area contributed by atoms with Crippen molar-refractivity contribution in [2.75, 3.05) is 6.54 Å². The number of thiazole rings is 1. The van der Waals surface area contributed by atoms with E-state index in [0.29, 0.717) is 18.0 Å². The molecule has 1 aromatic heterocycles. The molecule has 2 aromatic rings. The molecule has 0 aliphatic carbocycles. The molecule has 0 aliphatic heterocycles. The van der Waals surface area contributed by atoms with Crippen molar-refractivity contribution < 1.29 is 4.79 Å². The lowest BCUT2D eigenvalue weighted by Crippen LogP contribution is -2.23. The van der Waals surface area contributed by atoms with Gasteiger partial charge in [0.2, 0.25) is 0 Å². The third kappa shape index (κ3) is 3.55. The molecule has 19 heavy (non-hydrogen) atoms. The number of amides is 1. The third-order valence-electron chi connectivity index (χ3n) is 2.60. The number of nitrogens with one attached hydrogen (secondary N) is 1. The number of alkyl halides is 1. The Balaban J connectivity index is 2.21. The predicted molar refractivity (Wildman–Crippen MR) is 79.7 cm³/mol. The van der Waals surface area contributed by atoms with Crippen molar-refractivity contribution in [2.45, 2.75) is 19.2 Å². The molecular weight excluding hydrogens is 280 g/mol. The molecule has 0 radical (unpaired) electrons. The fraction of sp³-hybridized carbons (Fsp3) is 0.286. The highest BCUT2D eigenvalue weighted by atomic mass is 35.5. The van der Waals surface area contributed by atoms with Crippen LogP contribution < -0.4 is 5.32 Å². The van der Waals surface area contributed by atoms with Gasteiger partial charge in [-0.05, 0) is 18.6 Å². The van der Waals surface area contributed by atoms with Crippen LogP contribution >= 0.6 is 22.9 Å². The summed E-state index contributed by atoms with van der Waals surface area (Å²) in [5.41, 5.74) is 2.47. The topological polar surface area (TPSA) is 42.0 Å². The Bertz CT molecular complexity index is 568. The van der Waals surface area contributed by atoms with E-state index in [9.17, 15) is 4.79 Å². The van der Waals surface area contributed by atoms with Crippen LogP contribution in [-0.4, -0.2) is 17.4 Å². The molecule has 0 fully saturated rings. The molecule has 0 saturated carbocycles. The normalized spacial score (nSPS) is 10.4. The first-order valence-electron chi connectivity index (χ1n) is 6.13. The van der Waals surface area contributed by atoms with Crippen molar-refractivity contribution in [2.24, 2.45) is 0 Å². The molecule has 1 heterocycles. The van der Waals surface area contributed by atoms with E-state index >= 15 is 0 Å². The van der Waals surface area contributed by atoms with Crippen LogP contribution in [0, 0.1) is 0 Å². The number of nitrogens with zero attached hydrogens (tertiary/aromatic N) is 1. The summed E-state index contributed by atoms with van der Waals surface area (Å²) in [5, 5.41) is 5.69. The van der Waals surface area contributed by atoms with Gasteiger partial charge in [0, 0.05) is 23.1 Å². The molecule has 100 valence electrons. The number of carbonyl (C=O) groups is 1. The highest BCUT2D eigenvalue weighted by Gasteiger charge is 2.08. The number of rotatable bonds is 5. The largest absolute Gasteiger partial charge is 0.352 e. The van der Waals surface area contributed by atoms with Crippen LogP contribution in [0.1, 0.15) is 29.4 Å². The minimum absolute atomic E-state index is 0.0437. The van der Waals surface area contributed by atoms with E-state index in [4.69, 9.17) is 11.6 Å². The predicted octanol–water partition coefficient (Wildman–Crippen LogP) is 3.69. The van der Waals surface area contributed by atoms with Crippen LogP contribution in [-0.2, 0) is 5.88 Å². The first kappa shape index (κ1) is 14.0. The number of carbonyl (C=O) groups excluding carboxylic acids is 1. The minimum atomic E-state index is -0.0437. The molecule has 0 aliphatic rings. The Morgan fingerprint density at radius 3 is 3.00 bits per heavy atom. The fourth-order valence-electron chi connectivity index (χ4n) is 1.63. The smallest absolute Gasteiger partial charge is 0.251 e. The van der Waals surface area contributed by atoms with Gasteiger partial charge < -0.3 is 5.32 Å². The highest BCUT2D eigenvalue weighted by Crippen LogP contribution is 2.25. The molecule has 0 unspecified atom stereocenters. The van der Waals surface area contributed by atoms with E-state index in [1.165, 1.54) is 11.3 Å². The van der Waals surface area contributed by atoms with Crippen LogP contribution in [0.4, 0.5) is 0 Å². The Labute approximate surface area is 121 Å². The zero-order chi connectivity index (χ0) is 13.7. The zero-order valence-electron chi connectivity index (χ0n) is 10.6. The maximum Gasteiger partial charge on any atom is 0.251 e. The minimum Gasteiger partial charge on any atom is -0.352 e. The zero-order valence-corrected chi connectivity index (χ0v) is 12.2. The molecule has 5 heteroatoms. The van der Waals surface area contributed by atoms with E-state index in [-0.39, 0.29) is 5.91 Å². The summed E-state index contributed by atoms with van der Waals surface area (Å²) >= 11 is 7.28. The Morgan fingerprint density at radius 2 is 2.32 bits per heavy atom. The number of benzene rings is 1. The molecule has 1 amide bonds. The Hall–Kier alpha value is -1.39. The molecule has 2 rings (SSSR count). The molecule has 0 saturated heterocycles. The van der Waals surface area contributed by atoms with Crippen molar-refractivity contribution in [3.8, 4) is 10.6 Å². The SMILES string of the molecule is CCCNC(=O)c1cccc(-c2nc(CCl)cs2)c1. The number of aromatic nitrogens is 1. The van der Waals surface area contributed by atoms with Gasteiger partial charge in [-0.1, -0.05) is 19.1 Å². The number of halogens is 1. The summed E-state index contributed by atoms with van der Waals surface area (Å²) in [6.07, 6.45) is 0.928. The molecule has 1 N–H and O–H groups in total. The second kappa shape index (κ2) is 6.68. The van der Waals surface area contributed by atoms with Gasteiger partial charge in [0.1, 0.15) is 5.01 Å². The van der Waals surface area contributed by atoms with E-state index < -0.39 is 0 Å². The van der Waals surface area contributed by atoms with Gasteiger partial charge in [0.25, 0.3) is 5.91 Å². The van der Waals surface area contributed by atoms with Gasteiger partial charge in [0.05, 0.1) is 11.6 Å². The molecule has 0 spiro atoms. The van der Waals surface area contributed by atoms with Gasteiger partial charge in [0.15, 0.2) is 0 Å². The standard InChI is InChI=1S/C14H15ClN2OS/c1-2-6-16-13(18)10-4-3-5-11(7-10)14-17-12(8-15)9-19-14/h3-5,7,9H,2,6,8H2,1H3,(H,16,18). The lowest BCUT2D eigenvalue weighted by molar-refractivity contribution is 0.0953. The van der Waals surface area contributed by atoms with Gasteiger partial charge in [-0.15, -0.1) is 22.9 Å². The van der Waals surface area contributed by atoms with Crippen molar-refractivity contribution >= 4 is 28.8 Å². The Kier molecular flexibility index (Phi) is 4.93. The summed E-state index contributed by atoms with van der Waals surface area (Å²) < 4.78 is 0. The summed E-state index contributed by atoms with van der Waals surface area (Å²) in [6, 6.07) is 7.50. The quantitative estimate of drug-likeness (QED) is 0.855. The monoisotopic (exact) mass is 294 g/mol. The van der Waals surface area contributed by atoms with Crippen molar-refractivity contribution in [3.63, 3.8) is 0 Å². The lowest BCUT2D eigenvalue weighted by Gasteiger charge is -2.04. The van der Waals surface area contributed by atoms with Crippen molar-refractivity contribution in [1.82, 2.24) is 10.3 Å². The average molecular weight is 295 g/mol. The molecule has 0 bridgehead atoms. The van der Waals surface area contributed by atoms with E-state index in [2.05, 4.69) is 10.3 Å². The van der Waals surface area contributed by atoms with Crippen LogP contribution in [0.25, 0.3) is 10.6 Å². The fourth-order valence-corrected chi connectivity index (χ4v) is 2.68. The summed E-state index contributed by atoms with van der Waals surface area (Å²) in [6.45, 7) is 2.72. The summed E-state index contributed by atoms with van der Waals surface area (Å²) in [4.78, 5) is 16.3. The van der Waals surface area contributed by atoms with Crippen LogP contribution in [0.15, 0.2) is 29.6 Å². The summed E-state index contributed by atoms with van der Waals surface area (Å²) in [5.74, 6) is 0.366. The highest BCUT2D eigenvalue weighted by molar-refractivity contribution is 7.13. The molecule has 0 atom stereocenters. The lowest BCUT2D eigenvalue weighted by atomic mass is 10.1. The van der Waals surface area contributed by atoms with Gasteiger partial charge >= 0.3 is 0 Å². The van der Waals surface area contributed by atoms with Crippen LogP contribution in [0.3, 0.4) is 0 Å². The average Bonchev–Trinajstić information content (AvgIpc) is 2.94. The van der Waals surface area contributed by atoms with Crippen molar-refractivity contribution in [3.05, 3.63) is 40.9 Å². The van der Waals surface area contributed by atoms with E-state index in [0.717, 1.165) is 22.7 Å². The second-order valence-electron chi connectivity index (χ2n) is 4.11. The maximum atomic E-state index is 11.9. The molecule has 1 aromatic carbocycles. The van der Waals surface area contributed by atoms with Gasteiger partial charge in [-0.2, -0.15) is 0 Å². The number of hydrogen-bond donors (Lipinski definition) is 1. The van der Waals surface area contributed by atoms with Gasteiger partial charge in [-0.25, -0.2) is 4.98 Å². The number of hydrogen-bond acceptors (Lipinski definition) is 3. The first-order chi connectivity index (χ1) is 9.24. The van der Waals surface area contributed by atoms with Crippen LogP contribution in [0.2, 0.25) is 0 Å². The second-order valence-corrected chi connectivity index (χ2v) is 5.24. The maximum absolute atomic E-state index is 11.9. The van der Waals surface area contributed by atoms with Crippen molar-refractivity contribution in [1.29, 1.82) is 0 Å². The Morgan fingerprint density at radius 1 is 1.47 bits per heavy atom. The van der Waals surface area contributed by atoms with Crippen LogP contribution in [0.5, 0.6) is 0 Å². The van der Waals surface area contributed by atoms with E-state index in [1.807, 2.05) is 36.6 Å². The van der Waals surface area contributed by atoms with E-state index in [1.54, 1.807) is 0 Å². The summed E-state index contributed by atoms with van der Waals surface area (Å²) in [7, 11) is 0. The van der Waals surface area contributed by atoms with Gasteiger partial charge in [-0.3, -0.25) is 4.79 Å².